The summed E-state index contributed by atoms with van der Waals surface area (Å²) in [6, 6.07) is 8.01. The summed E-state index contributed by atoms with van der Waals surface area (Å²) in [5.41, 5.74) is -0.107. The molecule has 108 valence electrons. The third kappa shape index (κ3) is 2.49. The van der Waals surface area contributed by atoms with Crippen LogP contribution in [0.15, 0.2) is 30.3 Å². The third-order valence-electron chi connectivity index (χ3n) is 3.67. The Morgan fingerprint density at radius 1 is 1.25 bits per heavy atom. The average Bonchev–Trinajstić information content (AvgIpc) is 2.47. The molecular formula is C15H19IN2O2. The molecule has 1 aromatic carbocycles. The van der Waals surface area contributed by atoms with Gasteiger partial charge in [-0.3, -0.25) is 0 Å². The van der Waals surface area contributed by atoms with Gasteiger partial charge in [-0.2, -0.15) is 4.74 Å². The molecule has 0 aromatic heterocycles. The summed E-state index contributed by atoms with van der Waals surface area (Å²) in [6.45, 7) is 7.07. The van der Waals surface area contributed by atoms with Crippen LogP contribution in [-0.2, 0) is 0 Å². The van der Waals surface area contributed by atoms with E-state index in [1.807, 2.05) is 44.2 Å². The highest BCUT2D eigenvalue weighted by Crippen LogP contribution is 2.32. The molecule has 0 radical (unpaired) electrons. The quantitative estimate of drug-likeness (QED) is 0.481. The molecule has 0 aliphatic carbocycles. The van der Waals surface area contributed by atoms with E-state index in [0.717, 1.165) is 18.9 Å². The second-order valence-corrected chi connectivity index (χ2v) is 7.18. The lowest BCUT2D eigenvalue weighted by Gasteiger charge is -2.29. The molecule has 4 nitrogen and oxygen atoms in total. The van der Waals surface area contributed by atoms with Crippen molar-refractivity contribution in [2.24, 2.45) is 0 Å². The number of nitrogens with zero attached hydrogens (tertiary/aromatic N) is 2. The summed E-state index contributed by atoms with van der Waals surface area (Å²) < 4.78 is 2.01. The molecular weight excluding hydrogens is 367 g/mol. The Bertz CT molecular complexity index is 591. The van der Waals surface area contributed by atoms with Gasteiger partial charge in [-0.05, 0) is 60.2 Å². The van der Waals surface area contributed by atoms with E-state index >= 15 is 0 Å². The fraction of sp³-hybridized carbons (Fsp3) is 0.400. The van der Waals surface area contributed by atoms with Crippen LogP contribution in [0.1, 0.15) is 33.3 Å². The largest absolute Gasteiger partial charge is 0.622 e. The van der Waals surface area contributed by atoms with Crippen LogP contribution >= 0.6 is 22.6 Å². The maximum atomic E-state index is 12.4. The van der Waals surface area contributed by atoms with Crippen LogP contribution in [0.2, 0.25) is 0 Å². The predicted octanol–water partition coefficient (Wildman–Crippen LogP) is 3.48. The lowest BCUT2D eigenvalue weighted by Crippen LogP contribution is -2.51. The van der Waals surface area contributed by atoms with Crippen molar-refractivity contribution < 1.29 is 9.95 Å². The van der Waals surface area contributed by atoms with E-state index in [9.17, 15) is 10.4 Å². The lowest BCUT2D eigenvalue weighted by atomic mass is 9.97. The maximum Gasteiger partial charge on any atom is 0.245 e. The number of hydrogen-bond donors (Lipinski definition) is 1. The number of hydroxylamine groups is 3. The first kappa shape index (κ1) is 15.5. The summed E-state index contributed by atoms with van der Waals surface area (Å²) >= 11 is 2.25. The van der Waals surface area contributed by atoms with Gasteiger partial charge in [0.15, 0.2) is 0 Å². The Balaban J connectivity index is 2.39. The van der Waals surface area contributed by atoms with Crippen molar-refractivity contribution in [3.63, 3.8) is 0 Å². The van der Waals surface area contributed by atoms with E-state index in [4.69, 9.17) is 0 Å². The minimum absolute atomic E-state index is 0.545. The summed E-state index contributed by atoms with van der Waals surface area (Å²) in [5.74, 6) is 0. The van der Waals surface area contributed by atoms with E-state index in [1.54, 1.807) is 19.9 Å². The van der Waals surface area contributed by atoms with Crippen LogP contribution in [0.4, 0.5) is 0 Å². The predicted molar refractivity (Wildman–Crippen MR) is 88.6 cm³/mol. The maximum absolute atomic E-state index is 12.4. The Morgan fingerprint density at radius 2 is 1.90 bits per heavy atom. The number of benzene rings is 1. The molecule has 0 fully saturated rings. The molecule has 0 spiro atoms. The van der Waals surface area contributed by atoms with Gasteiger partial charge in [-0.25, -0.2) is 0 Å². The van der Waals surface area contributed by atoms with Crippen LogP contribution in [0.3, 0.4) is 0 Å². The molecule has 5 heteroatoms. The SMILES string of the molecule is CC1(C)C(C=Cc2cccc(I)c2)=[N+]([O-])C(C)(C)N1O. The van der Waals surface area contributed by atoms with Crippen molar-refractivity contribution in [1.82, 2.24) is 5.06 Å². The van der Waals surface area contributed by atoms with E-state index in [2.05, 4.69) is 22.6 Å². The molecule has 1 aliphatic heterocycles. The van der Waals surface area contributed by atoms with Gasteiger partial charge in [-0.15, -0.1) is 5.06 Å². The van der Waals surface area contributed by atoms with Gasteiger partial charge in [0.1, 0.15) is 5.54 Å². The molecule has 0 saturated carbocycles. The van der Waals surface area contributed by atoms with Crippen molar-refractivity contribution in [1.29, 1.82) is 0 Å². The normalized spacial score (nSPS) is 21.9. The molecule has 0 bridgehead atoms. The second-order valence-electron chi connectivity index (χ2n) is 5.93. The van der Waals surface area contributed by atoms with Crippen molar-refractivity contribution in [2.45, 2.75) is 38.9 Å². The van der Waals surface area contributed by atoms with E-state index < -0.39 is 11.2 Å². The molecule has 20 heavy (non-hydrogen) atoms. The molecule has 0 atom stereocenters. The number of halogens is 1. The highest BCUT2D eigenvalue weighted by Gasteiger charge is 2.55. The molecule has 0 amide bonds. The fourth-order valence-corrected chi connectivity index (χ4v) is 3.05. The monoisotopic (exact) mass is 386 g/mol. The van der Waals surface area contributed by atoms with Crippen molar-refractivity contribution in [2.75, 3.05) is 0 Å². The standard InChI is InChI=1S/C15H19IN2O2/c1-14(2)13(17(19)15(3,4)18(14)20)9-8-11-6-5-7-12(16)10-11/h5-10,20H,1-4H3. The molecule has 1 N–H and O–H groups in total. The molecule has 0 unspecified atom stereocenters. The van der Waals surface area contributed by atoms with Crippen molar-refractivity contribution in [3.8, 4) is 0 Å². The van der Waals surface area contributed by atoms with E-state index in [1.165, 1.54) is 0 Å². The zero-order chi connectivity index (χ0) is 15.1. The van der Waals surface area contributed by atoms with Gasteiger partial charge in [-0.1, -0.05) is 12.1 Å². The van der Waals surface area contributed by atoms with Gasteiger partial charge >= 0.3 is 0 Å². The minimum atomic E-state index is -0.964. The Hall–Kier alpha value is -0.920. The Morgan fingerprint density at radius 3 is 2.40 bits per heavy atom. The Kier molecular flexibility index (Phi) is 3.96. The number of hydrogen-bond acceptors (Lipinski definition) is 3. The van der Waals surface area contributed by atoms with Crippen LogP contribution in [0, 0.1) is 8.78 Å². The first-order valence-corrected chi connectivity index (χ1v) is 7.53. The molecule has 2 rings (SSSR count). The lowest BCUT2D eigenvalue weighted by molar-refractivity contribution is -0.580. The zero-order valence-corrected chi connectivity index (χ0v) is 14.2. The second kappa shape index (κ2) is 5.13. The molecule has 1 aliphatic rings. The van der Waals surface area contributed by atoms with Gasteiger partial charge < -0.3 is 10.4 Å². The summed E-state index contributed by atoms with van der Waals surface area (Å²) in [5, 5.41) is 23.7. The van der Waals surface area contributed by atoms with Gasteiger partial charge in [0.2, 0.25) is 11.4 Å². The molecule has 1 heterocycles. The van der Waals surface area contributed by atoms with E-state index in [-0.39, 0.29) is 0 Å². The zero-order valence-electron chi connectivity index (χ0n) is 12.1. The van der Waals surface area contributed by atoms with Crippen LogP contribution in [-0.4, -0.2) is 31.9 Å². The van der Waals surface area contributed by atoms with Crippen LogP contribution in [0.25, 0.3) is 6.08 Å². The average molecular weight is 386 g/mol. The number of rotatable bonds is 2. The summed E-state index contributed by atoms with van der Waals surface area (Å²) in [4.78, 5) is 0. The van der Waals surface area contributed by atoms with Crippen LogP contribution in [0.5, 0.6) is 0 Å². The van der Waals surface area contributed by atoms with Gasteiger partial charge in [0, 0.05) is 23.5 Å². The smallest absolute Gasteiger partial charge is 0.245 e. The first-order valence-electron chi connectivity index (χ1n) is 6.45. The summed E-state index contributed by atoms with van der Waals surface area (Å²) in [6.07, 6.45) is 3.69. The minimum Gasteiger partial charge on any atom is -0.622 e. The highest BCUT2D eigenvalue weighted by molar-refractivity contribution is 14.1. The van der Waals surface area contributed by atoms with Gasteiger partial charge in [0.25, 0.3) is 0 Å². The topological polar surface area (TPSA) is 49.5 Å². The van der Waals surface area contributed by atoms with Gasteiger partial charge in [0.05, 0.1) is 0 Å². The van der Waals surface area contributed by atoms with Crippen molar-refractivity contribution >= 4 is 34.4 Å². The first-order chi connectivity index (χ1) is 9.17. The Labute approximate surface area is 133 Å². The third-order valence-corrected chi connectivity index (χ3v) is 4.34. The molecule has 1 aromatic rings. The van der Waals surface area contributed by atoms with Crippen molar-refractivity contribution in [3.05, 3.63) is 44.7 Å². The fourth-order valence-electron chi connectivity index (χ4n) is 2.48. The highest BCUT2D eigenvalue weighted by atomic mass is 127. The van der Waals surface area contributed by atoms with E-state index in [0.29, 0.717) is 5.71 Å². The van der Waals surface area contributed by atoms with Crippen LogP contribution < -0.4 is 0 Å². The summed E-state index contributed by atoms with van der Waals surface area (Å²) in [7, 11) is 0. The molecule has 0 saturated heterocycles.